The molecule has 11 heteroatoms. The maximum Gasteiger partial charge on any atom is 0.322 e. The maximum absolute atomic E-state index is 13.0. The largest absolute Gasteiger partial charge is 0.463 e. The minimum absolute atomic E-state index is 0.0136. The van der Waals surface area contributed by atoms with Crippen molar-refractivity contribution in [1.29, 1.82) is 0 Å². The van der Waals surface area contributed by atoms with E-state index in [0.717, 1.165) is 29.6 Å². The predicted octanol–water partition coefficient (Wildman–Crippen LogP) is 3.21. The second-order valence-corrected chi connectivity index (χ2v) is 7.77. The van der Waals surface area contributed by atoms with Crippen molar-refractivity contribution >= 4 is 28.6 Å². The third kappa shape index (κ3) is 3.68. The first kappa shape index (κ1) is 18.4. The summed E-state index contributed by atoms with van der Waals surface area (Å²) >= 11 is 5.99. The molecule has 3 aromatic heterocycles. The number of nitrogens with one attached hydrogen (secondary N) is 1. The highest BCUT2D eigenvalue weighted by Crippen LogP contribution is 2.48. The van der Waals surface area contributed by atoms with Gasteiger partial charge in [-0.05, 0) is 36.6 Å². The zero-order valence-electron chi connectivity index (χ0n) is 15.4. The van der Waals surface area contributed by atoms with Crippen molar-refractivity contribution in [2.24, 2.45) is 5.92 Å². The van der Waals surface area contributed by atoms with Crippen LogP contribution in [0.2, 0.25) is 5.28 Å². The van der Waals surface area contributed by atoms with E-state index in [4.69, 9.17) is 16.3 Å². The van der Waals surface area contributed by atoms with Crippen LogP contribution in [0.25, 0.3) is 11.0 Å². The van der Waals surface area contributed by atoms with Gasteiger partial charge in [0.25, 0.3) is 5.92 Å². The molecule has 4 heterocycles. The molecule has 8 nitrogen and oxygen atoms in total. The van der Waals surface area contributed by atoms with E-state index in [-0.39, 0.29) is 24.3 Å². The zero-order valence-corrected chi connectivity index (χ0v) is 16.1. The van der Waals surface area contributed by atoms with Crippen LogP contribution >= 0.6 is 11.6 Å². The topological polar surface area (TPSA) is 92.7 Å². The molecule has 0 spiro atoms. The zero-order chi connectivity index (χ0) is 20.0. The number of nitrogens with zero attached hydrogens (tertiary/aromatic N) is 6. The van der Waals surface area contributed by atoms with Gasteiger partial charge in [0.2, 0.25) is 11.2 Å². The molecule has 152 valence electrons. The summed E-state index contributed by atoms with van der Waals surface area (Å²) in [6, 6.07) is 3.91. The number of ether oxygens (including phenoxy) is 1. The highest BCUT2D eigenvalue weighted by Gasteiger charge is 2.57. The van der Waals surface area contributed by atoms with E-state index >= 15 is 0 Å². The minimum atomic E-state index is -2.64. The molecule has 2 fully saturated rings. The number of halogens is 3. The summed E-state index contributed by atoms with van der Waals surface area (Å²) in [5.74, 6) is -2.70. The Kier molecular flexibility index (Phi) is 4.45. The standard InChI is InChI=1S/C18H18ClF2N7O/c19-15-23-16(25-17(24-15)29-9-11-8-18(11,20)21)28-6-3-10(4-7-28)13-12-2-1-5-22-14(12)27-26-13/h1-2,5,10-11H,3-4,6-9H2,(H,22,26,27)/t11-/m1/s1. The van der Waals surface area contributed by atoms with Gasteiger partial charge in [0.15, 0.2) is 5.65 Å². The second-order valence-electron chi connectivity index (χ2n) is 7.43. The van der Waals surface area contributed by atoms with Crippen molar-refractivity contribution in [2.75, 3.05) is 24.6 Å². The lowest BCUT2D eigenvalue weighted by Crippen LogP contribution is -2.34. The fourth-order valence-electron chi connectivity index (χ4n) is 3.70. The van der Waals surface area contributed by atoms with Gasteiger partial charge in [-0.25, -0.2) is 13.8 Å². The van der Waals surface area contributed by atoms with Crippen LogP contribution in [0.1, 0.15) is 30.9 Å². The maximum atomic E-state index is 13.0. The number of aromatic nitrogens is 6. The quantitative estimate of drug-likeness (QED) is 0.676. The molecular formula is C18H18ClF2N7O. The second kappa shape index (κ2) is 7.01. The molecule has 1 aliphatic carbocycles. The van der Waals surface area contributed by atoms with Gasteiger partial charge in [-0.1, -0.05) is 0 Å². The smallest absolute Gasteiger partial charge is 0.322 e. The number of hydrogen-bond donors (Lipinski definition) is 1. The number of hydrogen-bond acceptors (Lipinski definition) is 7. The first-order chi connectivity index (χ1) is 14.0. The number of fused-ring (bicyclic) bond motifs is 1. The predicted molar refractivity (Wildman–Crippen MR) is 101 cm³/mol. The molecule has 29 heavy (non-hydrogen) atoms. The van der Waals surface area contributed by atoms with Crippen LogP contribution in [0.5, 0.6) is 6.01 Å². The Morgan fingerprint density at radius 1 is 1.24 bits per heavy atom. The van der Waals surface area contributed by atoms with E-state index < -0.39 is 11.8 Å². The average Bonchev–Trinajstić information content (AvgIpc) is 3.12. The Morgan fingerprint density at radius 3 is 2.79 bits per heavy atom. The van der Waals surface area contributed by atoms with Crippen molar-refractivity contribution in [3.05, 3.63) is 29.3 Å². The van der Waals surface area contributed by atoms with E-state index in [1.54, 1.807) is 6.20 Å². The molecule has 1 aliphatic heterocycles. The van der Waals surface area contributed by atoms with Crippen LogP contribution in [0, 0.1) is 5.92 Å². The van der Waals surface area contributed by atoms with Gasteiger partial charge in [0, 0.05) is 42.7 Å². The minimum Gasteiger partial charge on any atom is -0.463 e. The van der Waals surface area contributed by atoms with Crippen molar-refractivity contribution in [3.63, 3.8) is 0 Å². The van der Waals surface area contributed by atoms with Gasteiger partial charge in [0.1, 0.15) is 6.61 Å². The molecule has 0 amide bonds. The number of H-pyrrole nitrogens is 1. The lowest BCUT2D eigenvalue weighted by molar-refractivity contribution is 0.0842. The molecule has 1 N–H and O–H groups in total. The Bertz CT molecular complexity index is 1040. The van der Waals surface area contributed by atoms with Gasteiger partial charge < -0.3 is 9.64 Å². The van der Waals surface area contributed by atoms with Crippen LogP contribution in [0.15, 0.2) is 18.3 Å². The lowest BCUT2D eigenvalue weighted by Gasteiger charge is -2.31. The van der Waals surface area contributed by atoms with Crippen LogP contribution < -0.4 is 9.64 Å². The normalized spacial score (nSPS) is 21.5. The first-order valence-electron chi connectivity index (χ1n) is 9.46. The van der Waals surface area contributed by atoms with Crippen LogP contribution in [-0.2, 0) is 0 Å². The van der Waals surface area contributed by atoms with Crippen molar-refractivity contribution in [3.8, 4) is 6.01 Å². The van der Waals surface area contributed by atoms with E-state index in [0.29, 0.717) is 25.0 Å². The summed E-state index contributed by atoms with van der Waals surface area (Å²) in [5.41, 5.74) is 1.81. The molecular weight excluding hydrogens is 404 g/mol. The molecule has 0 aromatic carbocycles. The lowest BCUT2D eigenvalue weighted by atomic mass is 9.92. The molecule has 2 aliphatic rings. The summed E-state index contributed by atoms with van der Waals surface area (Å²) in [4.78, 5) is 18.6. The summed E-state index contributed by atoms with van der Waals surface area (Å²) < 4.78 is 31.4. The molecule has 0 unspecified atom stereocenters. The van der Waals surface area contributed by atoms with Crippen LogP contribution in [0.3, 0.4) is 0 Å². The molecule has 3 aromatic rings. The number of rotatable bonds is 5. The Morgan fingerprint density at radius 2 is 2.03 bits per heavy atom. The van der Waals surface area contributed by atoms with Gasteiger partial charge in [-0.15, -0.1) is 0 Å². The van der Waals surface area contributed by atoms with E-state index in [1.165, 1.54) is 0 Å². The molecule has 1 saturated heterocycles. The van der Waals surface area contributed by atoms with Gasteiger partial charge in [-0.3, -0.25) is 5.10 Å². The van der Waals surface area contributed by atoms with E-state index in [2.05, 4.69) is 30.1 Å². The fraction of sp³-hybridized carbons (Fsp3) is 0.500. The van der Waals surface area contributed by atoms with E-state index in [1.807, 2.05) is 17.0 Å². The monoisotopic (exact) mass is 421 g/mol. The number of pyridine rings is 1. The van der Waals surface area contributed by atoms with E-state index in [9.17, 15) is 8.78 Å². The van der Waals surface area contributed by atoms with Gasteiger partial charge in [0.05, 0.1) is 5.92 Å². The fourth-order valence-corrected chi connectivity index (χ4v) is 3.85. The molecule has 0 radical (unpaired) electrons. The van der Waals surface area contributed by atoms with Crippen molar-refractivity contribution in [1.82, 2.24) is 30.1 Å². The number of piperidine rings is 1. The van der Waals surface area contributed by atoms with Crippen molar-refractivity contribution < 1.29 is 13.5 Å². The first-order valence-corrected chi connectivity index (χ1v) is 9.83. The average molecular weight is 422 g/mol. The van der Waals surface area contributed by atoms with Gasteiger partial charge in [-0.2, -0.15) is 20.1 Å². The third-order valence-electron chi connectivity index (χ3n) is 5.49. The SMILES string of the molecule is FC1(F)C[C@@H]1COc1nc(Cl)nc(N2CCC(c3[nH]nc4ncccc34)CC2)n1. The number of aromatic amines is 1. The van der Waals surface area contributed by atoms with Crippen molar-refractivity contribution in [2.45, 2.75) is 31.1 Å². The Balaban J connectivity index is 1.25. The summed E-state index contributed by atoms with van der Waals surface area (Å²) in [7, 11) is 0. The van der Waals surface area contributed by atoms with Crippen LogP contribution in [0.4, 0.5) is 14.7 Å². The third-order valence-corrected chi connectivity index (χ3v) is 5.66. The molecule has 1 atom stereocenters. The highest BCUT2D eigenvalue weighted by molar-refractivity contribution is 6.28. The Labute approximate surface area is 169 Å². The molecule has 0 bridgehead atoms. The summed E-state index contributed by atoms with van der Waals surface area (Å²) in [5, 5.41) is 8.43. The molecule has 5 rings (SSSR count). The van der Waals surface area contributed by atoms with Gasteiger partial charge >= 0.3 is 6.01 Å². The Hall–Kier alpha value is -2.62. The summed E-state index contributed by atoms with van der Waals surface area (Å²) in [6.07, 6.45) is 3.31. The highest BCUT2D eigenvalue weighted by atomic mass is 35.5. The molecule has 1 saturated carbocycles. The summed E-state index contributed by atoms with van der Waals surface area (Å²) in [6.45, 7) is 1.30. The van der Waals surface area contributed by atoms with Crippen LogP contribution in [-0.4, -0.2) is 55.8 Å². The number of anilines is 1. The number of alkyl halides is 2.